The Bertz CT molecular complexity index is 1180. The van der Waals surface area contributed by atoms with Crippen LogP contribution >= 0.6 is 0 Å². The van der Waals surface area contributed by atoms with Gasteiger partial charge >= 0.3 is 6.03 Å². The number of hydrogen-bond acceptors (Lipinski definition) is 5. The van der Waals surface area contributed by atoms with E-state index in [0.717, 1.165) is 11.1 Å². The summed E-state index contributed by atoms with van der Waals surface area (Å²) in [6.45, 7) is 10.5. The van der Waals surface area contributed by atoms with Gasteiger partial charge in [-0.05, 0) is 72.2 Å². The minimum atomic E-state index is -3.64. The Morgan fingerprint density at radius 1 is 1.18 bits per heavy atom. The van der Waals surface area contributed by atoms with Crippen LogP contribution in [-0.2, 0) is 22.1 Å². The van der Waals surface area contributed by atoms with E-state index in [-0.39, 0.29) is 16.7 Å². The van der Waals surface area contributed by atoms with Crippen molar-refractivity contribution in [1.82, 2.24) is 0 Å². The Labute approximate surface area is 195 Å². The van der Waals surface area contributed by atoms with Crippen molar-refractivity contribution >= 4 is 21.6 Å². The molecule has 0 heterocycles. The Kier molecular flexibility index (Phi) is 8.04. The average Bonchev–Trinajstić information content (AvgIpc) is 2.71. The third kappa shape index (κ3) is 6.18. The lowest BCUT2D eigenvalue weighted by Crippen LogP contribution is -2.21. The lowest BCUT2D eigenvalue weighted by atomic mass is 9.90. The molecule has 2 aromatic rings. The van der Waals surface area contributed by atoms with Crippen LogP contribution < -0.4 is 10.5 Å². The maximum absolute atomic E-state index is 13.1. The smallest absolute Gasteiger partial charge is 0.354 e. The van der Waals surface area contributed by atoms with E-state index in [1.165, 1.54) is 18.2 Å². The molecule has 33 heavy (non-hydrogen) atoms. The molecule has 1 atom stereocenters. The number of anilines is 1. The number of hydrogen-bond donors (Lipinski definition) is 4. The molecular weight excluding hydrogens is 440 g/mol. The molecule has 0 aromatic heterocycles. The van der Waals surface area contributed by atoms with Crippen molar-refractivity contribution in [3.8, 4) is 6.07 Å². The minimum Gasteiger partial charge on any atom is -0.392 e. The second-order valence-electron chi connectivity index (χ2n) is 9.08. The van der Waals surface area contributed by atoms with Crippen LogP contribution in [0.4, 0.5) is 10.5 Å². The fourth-order valence-electron chi connectivity index (χ4n) is 3.59. The molecule has 0 saturated carbocycles. The number of aliphatic hydroxyl groups is 2. The van der Waals surface area contributed by atoms with Gasteiger partial charge in [0, 0.05) is 5.69 Å². The maximum Gasteiger partial charge on any atom is 0.354 e. The summed E-state index contributed by atoms with van der Waals surface area (Å²) in [6, 6.07) is 9.01. The summed E-state index contributed by atoms with van der Waals surface area (Å²) in [6.07, 6.45) is 0. The Morgan fingerprint density at radius 2 is 1.73 bits per heavy atom. The van der Waals surface area contributed by atoms with Crippen LogP contribution in [-0.4, -0.2) is 20.5 Å². The summed E-state index contributed by atoms with van der Waals surface area (Å²) >= 11 is 0. The molecule has 0 unspecified atom stereocenters. The predicted octanol–water partition coefficient (Wildman–Crippen LogP) is 4.46. The monoisotopic (exact) mass is 472 g/mol. The fraction of sp³-hybridized carbons (Fsp3) is 0.417. The van der Waals surface area contributed by atoms with E-state index >= 15 is 0 Å². The zero-order valence-corrected chi connectivity index (χ0v) is 20.7. The number of benzene rings is 2. The highest BCUT2D eigenvalue weighted by Gasteiger charge is 2.23. The molecule has 0 aliphatic heterocycles. The molecule has 0 bridgehead atoms. The summed E-state index contributed by atoms with van der Waals surface area (Å²) in [4.78, 5) is 12.9. The number of urea groups is 1. The number of nitrogens with one attached hydrogen (secondary N) is 1. The molecule has 0 spiro atoms. The Morgan fingerprint density at radius 3 is 2.15 bits per heavy atom. The van der Waals surface area contributed by atoms with Crippen molar-refractivity contribution in [2.45, 2.75) is 70.5 Å². The number of rotatable bonds is 6. The number of carbonyl (C=O) groups is 1. The second-order valence-corrected chi connectivity index (χ2v) is 10.9. The first kappa shape index (κ1) is 26.5. The topological polar surface area (TPSA) is 149 Å². The van der Waals surface area contributed by atoms with Gasteiger partial charge in [-0.2, -0.15) is 5.26 Å². The summed E-state index contributed by atoms with van der Waals surface area (Å²) in [5, 5.41) is 38.0. The molecule has 0 radical (unpaired) electrons. The Balaban J connectivity index is 2.53. The van der Waals surface area contributed by atoms with Crippen molar-refractivity contribution in [2.24, 2.45) is 9.50 Å². The first-order valence-electron chi connectivity index (χ1n) is 10.6. The molecule has 0 fully saturated rings. The fourth-order valence-corrected chi connectivity index (χ4v) is 4.56. The van der Waals surface area contributed by atoms with Gasteiger partial charge in [0.15, 0.2) is 0 Å². The molecule has 2 amide bonds. The predicted molar refractivity (Wildman–Crippen MR) is 129 cm³/mol. The van der Waals surface area contributed by atoms with Gasteiger partial charge in [-0.3, -0.25) is 0 Å². The highest BCUT2D eigenvalue weighted by Crippen LogP contribution is 2.34. The molecule has 5 N–H and O–H groups in total. The van der Waals surface area contributed by atoms with Crippen LogP contribution in [0, 0.1) is 11.3 Å². The molecule has 2 rings (SSSR count). The number of nitrogens with two attached hydrogens (primary N) is 1. The van der Waals surface area contributed by atoms with E-state index in [1.54, 1.807) is 26.0 Å². The van der Waals surface area contributed by atoms with Gasteiger partial charge < -0.3 is 15.5 Å². The normalized spacial score (nSPS) is 13.5. The van der Waals surface area contributed by atoms with Gasteiger partial charge in [-0.15, -0.1) is 4.36 Å². The van der Waals surface area contributed by atoms with E-state index in [1.807, 2.05) is 27.7 Å². The SMILES string of the molecule is CC(C)c1cc(C#N)cc(C(C)C)c1NC(=O)N=[S@@](N)(=O)c1ccc(C(C)(C)O)c(CO)c1. The summed E-state index contributed by atoms with van der Waals surface area (Å²) in [5.74, 6) is 0.0182. The van der Waals surface area contributed by atoms with Crippen LogP contribution in [0.25, 0.3) is 0 Å². The van der Waals surface area contributed by atoms with Gasteiger partial charge in [0.1, 0.15) is 9.92 Å². The molecule has 2 aromatic carbocycles. The quantitative estimate of drug-likeness (QED) is 0.490. The van der Waals surface area contributed by atoms with Crippen LogP contribution in [0.5, 0.6) is 0 Å². The number of aliphatic hydroxyl groups excluding tert-OH is 1. The van der Waals surface area contributed by atoms with Gasteiger partial charge in [0.05, 0.1) is 28.7 Å². The standard InChI is InChI=1S/C24H32N4O4S/c1-14(2)19-9-16(12-25)10-20(15(3)4)22(19)27-23(30)28-33(26,32)18-7-8-21(24(5,6)31)17(11-18)13-29/h7-11,14-15,29,31H,13H2,1-6H3,(H3,26,27,28,30,32)/t33-/m1/s1. The van der Waals surface area contributed by atoms with Gasteiger partial charge in [-0.1, -0.05) is 33.8 Å². The van der Waals surface area contributed by atoms with Gasteiger partial charge in [-0.25, -0.2) is 14.1 Å². The highest BCUT2D eigenvalue weighted by atomic mass is 32.2. The van der Waals surface area contributed by atoms with Crippen molar-refractivity contribution in [1.29, 1.82) is 5.26 Å². The van der Waals surface area contributed by atoms with Crippen LogP contribution in [0.3, 0.4) is 0 Å². The zero-order chi connectivity index (χ0) is 25.1. The lowest BCUT2D eigenvalue weighted by molar-refractivity contribution is 0.0759. The van der Waals surface area contributed by atoms with Crippen molar-refractivity contribution in [2.75, 3.05) is 5.32 Å². The number of nitriles is 1. The van der Waals surface area contributed by atoms with E-state index in [2.05, 4.69) is 15.7 Å². The molecule has 8 nitrogen and oxygen atoms in total. The summed E-state index contributed by atoms with van der Waals surface area (Å²) in [7, 11) is -3.64. The molecule has 0 saturated heterocycles. The first-order valence-corrected chi connectivity index (χ1v) is 12.2. The van der Waals surface area contributed by atoms with Crippen molar-refractivity contribution < 1.29 is 19.2 Å². The minimum absolute atomic E-state index is 0.00910. The Hall–Kier alpha value is -2.77. The van der Waals surface area contributed by atoms with Crippen LogP contribution in [0.1, 0.15) is 81.2 Å². The summed E-state index contributed by atoms with van der Waals surface area (Å²) in [5.41, 5.74) is 2.11. The van der Waals surface area contributed by atoms with Gasteiger partial charge in [0.25, 0.3) is 0 Å². The van der Waals surface area contributed by atoms with E-state index in [9.17, 15) is 24.5 Å². The third-order valence-corrected chi connectivity index (χ3v) is 6.63. The number of carbonyl (C=O) groups excluding carboxylic acids is 1. The van der Waals surface area contributed by atoms with Crippen LogP contribution in [0.15, 0.2) is 39.6 Å². The van der Waals surface area contributed by atoms with E-state index < -0.39 is 28.2 Å². The molecule has 0 aliphatic rings. The second kappa shape index (κ2) is 10.0. The molecular formula is C24H32N4O4S. The van der Waals surface area contributed by atoms with Crippen molar-refractivity contribution in [3.63, 3.8) is 0 Å². The van der Waals surface area contributed by atoms with Crippen molar-refractivity contribution in [3.05, 3.63) is 58.1 Å². The highest BCUT2D eigenvalue weighted by molar-refractivity contribution is 7.91. The maximum atomic E-state index is 13.1. The molecule has 0 aliphatic carbocycles. The van der Waals surface area contributed by atoms with Gasteiger partial charge in [0.2, 0.25) is 0 Å². The number of amides is 2. The van der Waals surface area contributed by atoms with E-state index in [4.69, 9.17) is 5.14 Å². The third-order valence-electron chi connectivity index (χ3n) is 5.27. The lowest BCUT2D eigenvalue weighted by Gasteiger charge is -2.22. The zero-order valence-electron chi connectivity index (χ0n) is 19.8. The molecule has 9 heteroatoms. The molecule has 178 valence electrons. The number of nitrogens with zero attached hydrogens (tertiary/aromatic N) is 2. The average molecular weight is 473 g/mol. The first-order chi connectivity index (χ1) is 15.2. The van der Waals surface area contributed by atoms with Crippen LogP contribution in [0.2, 0.25) is 0 Å². The largest absolute Gasteiger partial charge is 0.392 e. The van der Waals surface area contributed by atoms with E-state index in [0.29, 0.717) is 22.4 Å². The summed E-state index contributed by atoms with van der Waals surface area (Å²) < 4.78 is 16.9.